The van der Waals surface area contributed by atoms with Gasteiger partial charge in [0, 0.05) is 26.6 Å². The molecule has 0 bridgehead atoms. The van der Waals surface area contributed by atoms with Crippen LogP contribution in [0.25, 0.3) is 0 Å². The van der Waals surface area contributed by atoms with Crippen molar-refractivity contribution < 1.29 is 40.1 Å². The van der Waals surface area contributed by atoms with Crippen molar-refractivity contribution >= 4 is 8.07 Å². The van der Waals surface area contributed by atoms with Crippen LogP contribution in [0.15, 0.2) is 0 Å². The van der Waals surface area contributed by atoms with E-state index in [2.05, 4.69) is 37.2 Å². The fourth-order valence-corrected chi connectivity index (χ4v) is 11.3. The van der Waals surface area contributed by atoms with Gasteiger partial charge in [-0.25, -0.2) is 0 Å². The monoisotopic (exact) mass is 929 g/mol. The standard InChI is InChI=1S/C53H108N2O8Si/c1-5-6-7-8-9-10-11-24-27-30-33-36-39-46(57)48(58)45(43-62-53-51(61)50(60)49(59)47(42-56)63-53)52-54-41-44(55-52)38-35-32-29-26-23-21-19-17-15-13-12-14-16-18-20-22-25-28-31-34-37-40-64(2,3)4/h44-61H,5-43H2,1-4H3/t44?,45-,46+,47?,48-,49?,50?,51?,52?,53?/m0/s1. The van der Waals surface area contributed by atoms with Gasteiger partial charge in [-0.3, -0.25) is 10.6 Å². The Hall–Kier alpha value is -0.183. The summed E-state index contributed by atoms with van der Waals surface area (Å²) in [5.74, 6) is -0.562. The highest BCUT2D eigenvalue weighted by Crippen LogP contribution is 2.26. The van der Waals surface area contributed by atoms with Crippen LogP contribution in [0.2, 0.25) is 25.7 Å². The molecule has 2 aliphatic rings. The lowest BCUT2D eigenvalue weighted by Crippen LogP contribution is -2.60. The number of ether oxygens (including phenoxy) is 2. The molecule has 0 aromatic heterocycles. The van der Waals surface area contributed by atoms with Crippen LogP contribution in [0, 0.1) is 5.92 Å². The third-order valence-electron chi connectivity index (χ3n) is 14.4. The molecule has 10 nitrogen and oxygen atoms in total. The molecule has 10 atom stereocenters. The first-order chi connectivity index (χ1) is 31.0. The summed E-state index contributed by atoms with van der Waals surface area (Å²) in [5, 5.41) is 70.7. The summed E-state index contributed by atoms with van der Waals surface area (Å²) in [6.07, 6.45) is 36.1. The van der Waals surface area contributed by atoms with Gasteiger partial charge in [0.15, 0.2) is 6.29 Å². The predicted molar refractivity (Wildman–Crippen MR) is 269 cm³/mol. The van der Waals surface area contributed by atoms with Crippen LogP contribution < -0.4 is 10.6 Å². The van der Waals surface area contributed by atoms with Crippen LogP contribution in [0.1, 0.15) is 232 Å². The van der Waals surface area contributed by atoms with Gasteiger partial charge in [0.25, 0.3) is 0 Å². The molecule has 11 heteroatoms. The zero-order chi connectivity index (χ0) is 46.7. The Kier molecular flexibility index (Phi) is 36.2. The predicted octanol–water partition coefficient (Wildman–Crippen LogP) is 11.0. The second-order valence-corrected chi connectivity index (χ2v) is 27.3. The number of unbranched alkanes of at least 4 members (excludes halogenated alkanes) is 31. The maximum Gasteiger partial charge on any atom is 0.186 e. The number of hydrogen-bond acceptors (Lipinski definition) is 10. The normalized spacial score (nSPS) is 24.4. The van der Waals surface area contributed by atoms with E-state index in [0.29, 0.717) is 6.42 Å². The average molecular weight is 930 g/mol. The van der Waals surface area contributed by atoms with Gasteiger partial charge in [0.05, 0.1) is 31.6 Å². The van der Waals surface area contributed by atoms with Gasteiger partial charge in [-0.15, -0.1) is 0 Å². The zero-order valence-corrected chi connectivity index (χ0v) is 43.4. The molecule has 0 aliphatic carbocycles. The minimum absolute atomic E-state index is 0.0595. The lowest BCUT2D eigenvalue weighted by atomic mass is 9.92. The molecule has 0 saturated carbocycles. The van der Waals surface area contributed by atoms with E-state index in [-0.39, 0.29) is 18.8 Å². The van der Waals surface area contributed by atoms with Crippen molar-refractivity contribution in [3.63, 3.8) is 0 Å². The van der Waals surface area contributed by atoms with Gasteiger partial charge >= 0.3 is 0 Å². The summed E-state index contributed by atoms with van der Waals surface area (Å²) in [6, 6.07) is 1.74. The lowest BCUT2D eigenvalue weighted by molar-refractivity contribution is -0.305. The molecule has 2 rings (SSSR count). The quantitative estimate of drug-likeness (QED) is 0.0218. The number of nitrogens with one attached hydrogen (secondary N) is 2. The van der Waals surface area contributed by atoms with Crippen molar-refractivity contribution in [2.45, 2.75) is 312 Å². The third kappa shape index (κ3) is 29.0. The summed E-state index contributed by atoms with van der Waals surface area (Å²) in [4.78, 5) is 0. The Morgan fingerprint density at radius 3 is 1.42 bits per heavy atom. The topological polar surface area (TPSA) is 164 Å². The molecule has 0 aromatic rings. The highest BCUT2D eigenvalue weighted by molar-refractivity contribution is 6.76. The fraction of sp³-hybridized carbons (Fsp3) is 1.00. The van der Waals surface area contributed by atoms with Gasteiger partial charge < -0.3 is 40.1 Å². The highest BCUT2D eigenvalue weighted by atomic mass is 28.3. The lowest BCUT2D eigenvalue weighted by Gasteiger charge is -2.40. The first-order valence-electron chi connectivity index (χ1n) is 27.8. The van der Waals surface area contributed by atoms with Crippen molar-refractivity contribution in [3.05, 3.63) is 0 Å². The van der Waals surface area contributed by atoms with E-state index in [1.807, 2.05) is 0 Å². The number of aliphatic hydroxyl groups excluding tert-OH is 6. The van der Waals surface area contributed by atoms with Crippen molar-refractivity contribution in [2.24, 2.45) is 5.92 Å². The van der Waals surface area contributed by atoms with E-state index in [1.54, 1.807) is 0 Å². The molecule has 2 fully saturated rings. The Labute approximate surface area is 395 Å². The Balaban J connectivity index is 1.57. The molecule has 64 heavy (non-hydrogen) atoms. The van der Waals surface area contributed by atoms with Crippen LogP contribution in [0.4, 0.5) is 0 Å². The number of rotatable bonds is 44. The van der Waals surface area contributed by atoms with Crippen LogP contribution in [0.3, 0.4) is 0 Å². The van der Waals surface area contributed by atoms with E-state index in [9.17, 15) is 30.6 Å². The van der Waals surface area contributed by atoms with Crippen LogP contribution >= 0.6 is 0 Å². The van der Waals surface area contributed by atoms with E-state index in [1.165, 1.54) is 192 Å². The summed E-state index contributed by atoms with van der Waals surface area (Å²) in [7, 11) is -0.831. The summed E-state index contributed by atoms with van der Waals surface area (Å²) < 4.78 is 11.6. The molecule has 0 amide bonds. The minimum Gasteiger partial charge on any atom is -0.394 e. The molecule has 2 aliphatic heterocycles. The summed E-state index contributed by atoms with van der Waals surface area (Å²) >= 11 is 0. The van der Waals surface area contributed by atoms with Crippen molar-refractivity contribution in [3.8, 4) is 0 Å². The van der Waals surface area contributed by atoms with Crippen LogP contribution in [-0.4, -0.2) is 114 Å². The molecule has 0 aromatic carbocycles. The van der Waals surface area contributed by atoms with Crippen molar-refractivity contribution in [2.75, 3.05) is 19.8 Å². The molecule has 2 saturated heterocycles. The minimum atomic E-state index is -1.54. The van der Waals surface area contributed by atoms with Crippen molar-refractivity contribution in [1.82, 2.24) is 10.6 Å². The number of aliphatic hydroxyl groups is 6. The van der Waals surface area contributed by atoms with E-state index < -0.39 is 63.5 Å². The van der Waals surface area contributed by atoms with Gasteiger partial charge in [-0.05, 0) is 12.8 Å². The second kappa shape index (κ2) is 38.6. The maximum atomic E-state index is 11.5. The average Bonchev–Trinajstić information content (AvgIpc) is 3.74. The maximum absolute atomic E-state index is 11.5. The molecular weight excluding hydrogens is 821 g/mol. The van der Waals surface area contributed by atoms with E-state index >= 15 is 0 Å². The SMILES string of the molecule is CCCCCCCCCCCCCC[C@@H](O)[C@@H](O)[C@H](COC1OC(CO)C(O)C(O)C1O)C1NCC(CCCCCCCCCCCCCCCCCCCCCCC[Si](C)(C)C)N1. The van der Waals surface area contributed by atoms with Crippen LogP contribution in [-0.2, 0) is 9.47 Å². The third-order valence-corrected chi connectivity index (χ3v) is 16.2. The molecule has 2 heterocycles. The Bertz CT molecular complexity index is 1040. The second-order valence-electron chi connectivity index (χ2n) is 21.7. The van der Waals surface area contributed by atoms with E-state index in [4.69, 9.17) is 9.47 Å². The molecular formula is C53H108N2O8Si. The first-order valence-corrected chi connectivity index (χ1v) is 31.5. The first kappa shape index (κ1) is 59.9. The molecule has 0 spiro atoms. The summed E-state index contributed by atoms with van der Waals surface area (Å²) in [6.45, 7) is 9.88. The molecule has 0 radical (unpaired) electrons. The molecule has 382 valence electrons. The van der Waals surface area contributed by atoms with Gasteiger partial charge in [-0.1, -0.05) is 244 Å². The van der Waals surface area contributed by atoms with Gasteiger partial charge in [-0.2, -0.15) is 0 Å². The number of hydrogen-bond donors (Lipinski definition) is 8. The largest absolute Gasteiger partial charge is 0.394 e. The zero-order valence-electron chi connectivity index (χ0n) is 42.4. The Morgan fingerprint density at radius 2 is 0.984 bits per heavy atom. The summed E-state index contributed by atoms with van der Waals surface area (Å²) in [5.41, 5.74) is 0. The van der Waals surface area contributed by atoms with Gasteiger partial charge in [0.2, 0.25) is 0 Å². The highest BCUT2D eigenvalue weighted by Gasteiger charge is 2.45. The van der Waals surface area contributed by atoms with E-state index in [0.717, 1.165) is 38.6 Å². The van der Waals surface area contributed by atoms with Crippen LogP contribution in [0.5, 0.6) is 0 Å². The fourth-order valence-electron chi connectivity index (χ4n) is 9.96. The van der Waals surface area contributed by atoms with Crippen molar-refractivity contribution in [1.29, 1.82) is 0 Å². The van der Waals surface area contributed by atoms with Gasteiger partial charge in [0.1, 0.15) is 24.4 Å². The molecule has 8 N–H and O–H groups in total. The smallest absolute Gasteiger partial charge is 0.186 e. The molecule has 7 unspecified atom stereocenters. The Morgan fingerprint density at radius 1 is 0.562 bits per heavy atom.